The van der Waals surface area contributed by atoms with Crippen LogP contribution in [0.25, 0.3) is 10.8 Å². The fraction of sp³-hybridized carbons (Fsp3) is 0.0385. The van der Waals surface area contributed by atoms with Crippen molar-refractivity contribution in [2.45, 2.75) is 0 Å². The Morgan fingerprint density at radius 2 is 1.69 bits per heavy atom. The third-order valence-corrected chi connectivity index (χ3v) is 6.91. The molecule has 0 aliphatic rings. The quantitative estimate of drug-likeness (QED) is 0.0733. The number of anilines is 1. The number of nitrogens with one attached hydrogen (secondary N) is 2. The van der Waals surface area contributed by atoms with E-state index in [1.807, 2.05) is 54.6 Å². The number of ether oxygens (including phenoxy) is 1. The number of esters is 1. The Hall–Kier alpha value is -2.76. The van der Waals surface area contributed by atoms with E-state index in [0.717, 1.165) is 24.5 Å². The highest BCUT2D eigenvalue weighted by Gasteiger charge is 2.17. The monoisotopic (exact) mass is 705 g/mol. The Labute approximate surface area is 232 Å². The molecule has 0 heterocycles. The minimum absolute atomic E-state index is 0.0478. The zero-order valence-electron chi connectivity index (χ0n) is 18.1. The number of carbonyl (C=O) groups is 2. The summed E-state index contributed by atoms with van der Waals surface area (Å²) in [4.78, 5) is 25.0. The predicted octanol–water partition coefficient (Wildman–Crippen LogP) is 6.75. The molecule has 0 unspecified atom stereocenters. The van der Waals surface area contributed by atoms with Gasteiger partial charge in [0.2, 0.25) is 0 Å². The Kier molecular flexibility index (Phi) is 8.53. The molecule has 2 N–H and O–H groups in total. The highest BCUT2D eigenvalue weighted by molar-refractivity contribution is 14.1. The first-order valence-corrected chi connectivity index (χ1v) is 13.1. The summed E-state index contributed by atoms with van der Waals surface area (Å²) < 4.78 is 7.77. The SMILES string of the molecule is O=C(CNc1ccc2ccccc2c1)N/N=C\c1cc(Br)cc(Br)c1OC(=O)c1ccccc1I. The summed E-state index contributed by atoms with van der Waals surface area (Å²) in [6, 6.07) is 24.6. The van der Waals surface area contributed by atoms with Crippen molar-refractivity contribution in [1.82, 2.24) is 5.43 Å². The Morgan fingerprint density at radius 3 is 2.49 bits per heavy atom. The van der Waals surface area contributed by atoms with Gasteiger partial charge in [-0.05, 0) is 85.7 Å². The highest BCUT2D eigenvalue weighted by atomic mass is 127. The van der Waals surface area contributed by atoms with Crippen LogP contribution in [0.15, 0.2) is 92.9 Å². The van der Waals surface area contributed by atoms with Crippen molar-refractivity contribution in [3.63, 3.8) is 0 Å². The van der Waals surface area contributed by atoms with Gasteiger partial charge in [0.15, 0.2) is 5.75 Å². The number of amides is 1. The minimum Gasteiger partial charge on any atom is -0.421 e. The van der Waals surface area contributed by atoms with Gasteiger partial charge in [0.1, 0.15) is 0 Å². The minimum atomic E-state index is -0.490. The number of hydrogen-bond acceptors (Lipinski definition) is 5. The number of fused-ring (bicyclic) bond motifs is 1. The molecule has 0 atom stereocenters. The van der Waals surface area contributed by atoms with E-state index in [1.165, 1.54) is 6.21 Å². The highest BCUT2D eigenvalue weighted by Crippen LogP contribution is 2.33. The smallest absolute Gasteiger partial charge is 0.344 e. The molecule has 176 valence electrons. The lowest BCUT2D eigenvalue weighted by atomic mass is 10.1. The van der Waals surface area contributed by atoms with Gasteiger partial charge in [-0.1, -0.05) is 58.4 Å². The number of benzene rings is 4. The third-order valence-electron chi connectivity index (χ3n) is 4.92. The number of hydrogen-bond donors (Lipinski definition) is 2. The summed E-state index contributed by atoms with van der Waals surface area (Å²) in [7, 11) is 0. The lowest BCUT2D eigenvalue weighted by molar-refractivity contribution is -0.119. The van der Waals surface area contributed by atoms with Gasteiger partial charge in [0, 0.05) is 19.3 Å². The molecule has 0 saturated carbocycles. The second-order valence-electron chi connectivity index (χ2n) is 7.38. The van der Waals surface area contributed by atoms with Crippen LogP contribution in [0.2, 0.25) is 0 Å². The molecular weight excluding hydrogens is 689 g/mol. The summed E-state index contributed by atoms with van der Waals surface area (Å²) >= 11 is 8.95. The first kappa shape index (κ1) is 25.3. The molecule has 0 aliphatic carbocycles. The first-order valence-electron chi connectivity index (χ1n) is 10.4. The van der Waals surface area contributed by atoms with Crippen LogP contribution >= 0.6 is 54.5 Å². The van der Waals surface area contributed by atoms with Crippen LogP contribution in [-0.4, -0.2) is 24.6 Å². The maximum Gasteiger partial charge on any atom is 0.344 e. The number of nitrogens with zero attached hydrogens (tertiary/aromatic N) is 1. The Balaban J connectivity index is 1.41. The van der Waals surface area contributed by atoms with Crippen LogP contribution in [0.4, 0.5) is 5.69 Å². The van der Waals surface area contributed by atoms with Gasteiger partial charge in [-0.2, -0.15) is 5.10 Å². The van der Waals surface area contributed by atoms with Crippen molar-refractivity contribution in [2.24, 2.45) is 5.10 Å². The van der Waals surface area contributed by atoms with Gasteiger partial charge in [-0.25, -0.2) is 10.2 Å². The number of carbonyl (C=O) groups excluding carboxylic acids is 2. The molecule has 0 aliphatic heterocycles. The molecule has 0 spiro atoms. The second-order valence-corrected chi connectivity index (χ2v) is 10.3. The van der Waals surface area contributed by atoms with Crippen LogP contribution < -0.4 is 15.5 Å². The van der Waals surface area contributed by atoms with E-state index < -0.39 is 5.97 Å². The molecule has 0 aromatic heterocycles. The van der Waals surface area contributed by atoms with Crippen molar-refractivity contribution in [3.05, 3.63) is 103 Å². The molecule has 9 heteroatoms. The van der Waals surface area contributed by atoms with E-state index in [9.17, 15) is 9.59 Å². The topological polar surface area (TPSA) is 79.8 Å². The molecule has 6 nitrogen and oxygen atoms in total. The van der Waals surface area contributed by atoms with Crippen molar-refractivity contribution >= 4 is 89.0 Å². The van der Waals surface area contributed by atoms with Crippen LogP contribution in [0.1, 0.15) is 15.9 Å². The number of hydrazone groups is 1. The van der Waals surface area contributed by atoms with Crippen LogP contribution in [0.5, 0.6) is 5.75 Å². The van der Waals surface area contributed by atoms with Crippen LogP contribution in [-0.2, 0) is 4.79 Å². The summed E-state index contributed by atoms with van der Waals surface area (Å²) in [5, 5.41) is 9.36. The zero-order chi connectivity index (χ0) is 24.8. The van der Waals surface area contributed by atoms with Crippen LogP contribution in [0, 0.1) is 3.57 Å². The number of rotatable bonds is 7. The summed E-state index contributed by atoms with van der Waals surface area (Å²) in [6.45, 7) is 0.0478. The van der Waals surface area contributed by atoms with Gasteiger partial charge in [-0.3, -0.25) is 4.79 Å². The molecule has 1 amide bonds. The van der Waals surface area contributed by atoms with Gasteiger partial charge in [0.05, 0.1) is 22.8 Å². The van der Waals surface area contributed by atoms with Gasteiger partial charge in [0.25, 0.3) is 5.91 Å². The fourth-order valence-electron chi connectivity index (χ4n) is 3.25. The first-order chi connectivity index (χ1) is 16.9. The summed E-state index contributed by atoms with van der Waals surface area (Å²) in [5.74, 6) is -0.512. The lowest BCUT2D eigenvalue weighted by Gasteiger charge is -2.11. The van der Waals surface area contributed by atoms with E-state index in [2.05, 4.69) is 70.3 Å². The molecule has 0 bridgehead atoms. The van der Waals surface area contributed by atoms with E-state index in [-0.39, 0.29) is 12.5 Å². The molecule has 35 heavy (non-hydrogen) atoms. The Morgan fingerprint density at radius 1 is 0.943 bits per heavy atom. The third kappa shape index (κ3) is 6.68. The average Bonchev–Trinajstić information content (AvgIpc) is 2.84. The van der Waals surface area contributed by atoms with Gasteiger partial charge < -0.3 is 10.1 Å². The van der Waals surface area contributed by atoms with Crippen molar-refractivity contribution in [3.8, 4) is 5.75 Å². The van der Waals surface area contributed by atoms with E-state index in [4.69, 9.17) is 4.74 Å². The molecule has 4 aromatic rings. The molecule has 4 aromatic carbocycles. The molecule has 4 rings (SSSR count). The van der Waals surface area contributed by atoms with Crippen LogP contribution in [0.3, 0.4) is 0 Å². The largest absolute Gasteiger partial charge is 0.421 e. The Bertz CT molecular complexity index is 1440. The predicted molar refractivity (Wildman–Crippen MR) is 154 cm³/mol. The number of halogens is 3. The normalized spacial score (nSPS) is 10.9. The maximum atomic E-state index is 12.7. The molecule has 0 saturated heterocycles. The van der Waals surface area contributed by atoms with Crippen molar-refractivity contribution in [2.75, 3.05) is 11.9 Å². The fourth-order valence-corrected chi connectivity index (χ4v) is 5.20. The second kappa shape index (κ2) is 11.8. The van der Waals surface area contributed by atoms with E-state index in [0.29, 0.717) is 21.3 Å². The molecule has 0 fully saturated rings. The zero-order valence-corrected chi connectivity index (χ0v) is 23.4. The van der Waals surface area contributed by atoms with Crippen molar-refractivity contribution < 1.29 is 14.3 Å². The van der Waals surface area contributed by atoms with E-state index in [1.54, 1.807) is 24.3 Å². The molecule has 0 radical (unpaired) electrons. The molecular formula is C26H18Br2IN3O3. The average molecular weight is 707 g/mol. The summed E-state index contributed by atoms with van der Waals surface area (Å²) in [6.07, 6.45) is 1.43. The van der Waals surface area contributed by atoms with Gasteiger partial charge in [-0.15, -0.1) is 0 Å². The van der Waals surface area contributed by atoms with Crippen molar-refractivity contribution in [1.29, 1.82) is 0 Å². The maximum absolute atomic E-state index is 12.7. The van der Waals surface area contributed by atoms with E-state index >= 15 is 0 Å². The standard InChI is InChI=1S/C26H18Br2IN3O3/c27-19-11-18(25(22(28)13-19)35-26(34)21-7-3-4-8-23(21)29)14-31-32-24(33)15-30-20-10-9-16-5-1-2-6-17(16)12-20/h1-14,30H,15H2,(H,32,33)/b31-14-. The van der Waals surface area contributed by atoms with Gasteiger partial charge >= 0.3 is 5.97 Å². The summed E-state index contributed by atoms with van der Waals surface area (Å²) in [5.41, 5.74) is 4.30. The lowest BCUT2D eigenvalue weighted by Crippen LogP contribution is -2.25.